The molecule has 1 amide bonds. The van der Waals surface area contributed by atoms with E-state index in [9.17, 15) is 10.1 Å². The first-order valence-electron chi connectivity index (χ1n) is 9.33. The average molecular weight is 671 g/mol. The van der Waals surface area contributed by atoms with Crippen LogP contribution < -0.4 is 14.8 Å². The van der Waals surface area contributed by atoms with Crippen molar-refractivity contribution in [2.45, 2.75) is 6.61 Å². The third-order valence-corrected chi connectivity index (χ3v) is 6.18. The van der Waals surface area contributed by atoms with E-state index in [1.807, 2.05) is 48.5 Å². The first kappa shape index (κ1) is 24.4. The summed E-state index contributed by atoms with van der Waals surface area (Å²) in [7, 11) is 1.54. The lowest BCUT2D eigenvalue weighted by molar-refractivity contribution is -0.112. The van der Waals surface area contributed by atoms with Crippen molar-refractivity contribution in [2.24, 2.45) is 0 Å². The second kappa shape index (κ2) is 11.5. The molecule has 0 fully saturated rings. The first-order valence-corrected chi connectivity index (χ1v) is 11.9. The van der Waals surface area contributed by atoms with E-state index < -0.39 is 5.91 Å². The summed E-state index contributed by atoms with van der Waals surface area (Å²) < 4.78 is 13.2. The number of rotatable bonds is 7. The fourth-order valence-electron chi connectivity index (χ4n) is 2.81. The Morgan fingerprint density at radius 3 is 2.62 bits per heavy atom. The molecule has 0 aliphatic heterocycles. The lowest BCUT2D eigenvalue weighted by Gasteiger charge is -2.14. The molecule has 0 aromatic heterocycles. The van der Waals surface area contributed by atoms with Gasteiger partial charge in [-0.05, 0) is 93.2 Å². The predicted octanol–water partition coefficient (Wildman–Crippen LogP) is 6.68. The Hall–Kier alpha value is -2.29. The summed E-state index contributed by atoms with van der Waals surface area (Å²) in [6, 6.07) is 20.3. The molecule has 162 valence electrons. The van der Waals surface area contributed by atoms with Crippen molar-refractivity contribution >= 4 is 74.5 Å². The smallest absolute Gasteiger partial charge is 0.266 e. The average Bonchev–Trinajstić information content (AvgIpc) is 2.77. The van der Waals surface area contributed by atoms with Gasteiger partial charge < -0.3 is 14.8 Å². The maximum Gasteiger partial charge on any atom is 0.266 e. The van der Waals surface area contributed by atoms with Crippen molar-refractivity contribution in [3.8, 4) is 17.6 Å². The number of benzene rings is 3. The SMILES string of the molecule is COc1cc(/C=C(\C#N)C(=O)Nc2cccc(I)c2)cc(I)c1OCc1ccccc1Cl. The molecule has 0 spiro atoms. The lowest BCUT2D eigenvalue weighted by atomic mass is 10.1. The van der Waals surface area contributed by atoms with E-state index in [0.29, 0.717) is 27.8 Å². The highest BCUT2D eigenvalue weighted by atomic mass is 127. The van der Waals surface area contributed by atoms with Crippen LogP contribution >= 0.6 is 56.8 Å². The van der Waals surface area contributed by atoms with Crippen LogP contribution in [0.5, 0.6) is 11.5 Å². The van der Waals surface area contributed by atoms with Crippen molar-refractivity contribution < 1.29 is 14.3 Å². The minimum absolute atomic E-state index is 0.0218. The van der Waals surface area contributed by atoms with E-state index >= 15 is 0 Å². The topological polar surface area (TPSA) is 71.3 Å². The van der Waals surface area contributed by atoms with Crippen LogP contribution in [0.4, 0.5) is 5.69 Å². The van der Waals surface area contributed by atoms with Gasteiger partial charge in [-0.25, -0.2) is 0 Å². The van der Waals surface area contributed by atoms with E-state index in [2.05, 4.69) is 50.5 Å². The monoisotopic (exact) mass is 670 g/mol. The van der Waals surface area contributed by atoms with Crippen LogP contribution in [0.25, 0.3) is 6.08 Å². The molecule has 5 nitrogen and oxygen atoms in total. The minimum atomic E-state index is -0.484. The van der Waals surface area contributed by atoms with Gasteiger partial charge in [0.1, 0.15) is 18.2 Å². The second-order valence-electron chi connectivity index (χ2n) is 6.55. The molecule has 0 aliphatic rings. The molecule has 8 heteroatoms. The number of amides is 1. The number of ether oxygens (including phenoxy) is 2. The van der Waals surface area contributed by atoms with Crippen molar-refractivity contribution in [1.82, 2.24) is 0 Å². The van der Waals surface area contributed by atoms with Crippen molar-refractivity contribution in [3.63, 3.8) is 0 Å². The minimum Gasteiger partial charge on any atom is -0.493 e. The van der Waals surface area contributed by atoms with Gasteiger partial charge in [-0.3, -0.25) is 4.79 Å². The number of anilines is 1. The highest BCUT2D eigenvalue weighted by molar-refractivity contribution is 14.1. The highest BCUT2D eigenvalue weighted by Gasteiger charge is 2.15. The Morgan fingerprint density at radius 2 is 1.94 bits per heavy atom. The summed E-state index contributed by atoms with van der Waals surface area (Å²) in [5, 5.41) is 12.9. The predicted molar refractivity (Wildman–Crippen MR) is 143 cm³/mol. The third kappa shape index (κ3) is 6.37. The summed E-state index contributed by atoms with van der Waals surface area (Å²) >= 11 is 10.5. The van der Waals surface area contributed by atoms with Gasteiger partial charge in [0.25, 0.3) is 5.91 Å². The summed E-state index contributed by atoms with van der Waals surface area (Å²) in [4.78, 5) is 12.6. The van der Waals surface area contributed by atoms with Crippen LogP contribution in [-0.2, 0) is 11.4 Å². The fourth-order valence-corrected chi connectivity index (χ4v) is 4.32. The Balaban J connectivity index is 1.83. The number of nitriles is 1. The third-order valence-electron chi connectivity index (χ3n) is 4.34. The van der Waals surface area contributed by atoms with E-state index in [4.69, 9.17) is 21.1 Å². The van der Waals surface area contributed by atoms with Crippen LogP contribution in [0.3, 0.4) is 0 Å². The maximum absolute atomic E-state index is 12.6. The molecular formula is C24H17ClI2N2O3. The van der Waals surface area contributed by atoms with Crippen LogP contribution in [0.2, 0.25) is 5.02 Å². The number of hydrogen-bond acceptors (Lipinski definition) is 4. The van der Waals surface area contributed by atoms with Gasteiger partial charge in [-0.15, -0.1) is 0 Å². The number of nitrogens with one attached hydrogen (secondary N) is 1. The molecule has 3 rings (SSSR count). The molecule has 0 saturated carbocycles. The molecule has 3 aromatic rings. The second-order valence-corrected chi connectivity index (χ2v) is 9.36. The van der Waals surface area contributed by atoms with E-state index in [0.717, 1.165) is 12.7 Å². The number of carbonyl (C=O) groups is 1. The molecule has 0 aliphatic carbocycles. The van der Waals surface area contributed by atoms with Crippen molar-refractivity contribution in [3.05, 3.63) is 89.5 Å². The molecule has 0 atom stereocenters. The zero-order valence-electron chi connectivity index (χ0n) is 16.9. The van der Waals surface area contributed by atoms with E-state index in [1.54, 1.807) is 18.2 Å². The molecule has 0 unspecified atom stereocenters. The van der Waals surface area contributed by atoms with Gasteiger partial charge >= 0.3 is 0 Å². The van der Waals surface area contributed by atoms with Gasteiger partial charge in [0.15, 0.2) is 11.5 Å². The first-order chi connectivity index (χ1) is 15.4. The van der Waals surface area contributed by atoms with Crippen LogP contribution in [0, 0.1) is 18.5 Å². The summed E-state index contributed by atoms with van der Waals surface area (Å²) in [5.74, 6) is 0.569. The molecule has 0 bridgehead atoms. The van der Waals surface area contributed by atoms with Crippen LogP contribution in [-0.4, -0.2) is 13.0 Å². The molecule has 0 heterocycles. The fraction of sp³-hybridized carbons (Fsp3) is 0.0833. The standard InChI is InChI=1S/C24H17ClI2N2O3/c1-31-22-11-15(9-17(13-28)24(30)29-19-7-4-6-18(26)12-19)10-21(27)23(22)32-14-16-5-2-3-8-20(16)25/h2-12H,14H2,1H3,(H,29,30)/b17-9+. The molecular weight excluding hydrogens is 654 g/mol. The zero-order chi connectivity index (χ0) is 23.1. The van der Waals surface area contributed by atoms with Crippen LogP contribution in [0.1, 0.15) is 11.1 Å². The number of methoxy groups -OCH3 is 1. The lowest BCUT2D eigenvalue weighted by Crippen LogP contribution is -2.13. The van der Waals surface area contributed by atoms with Gasteiger partial charge in [-0.1, -0.05) is 35.9 Å². The van der Waals surface area contributed by atoms with Crippen molar-refractivity contribution in [1.29, 1.82) is 5.26 Å². The summed E-state index contributed by atoms with van der Waals surface area (Å²) in [6.07, 6.45) is 1.52. The number of halogens is 3. The largest absolute Gasteiger partial charge is 0.493 e. The summed E-state index contributed by atoms with van der Waals surface area (Å²) in [6.45, 7) is 0.281. The van der Waals surface area contributed by atoms with Gasteiger partial charge in [0.05, 0.1) is 10.7 Å². The number of hydrogen-bond donors (Lipinski definition) is 1. The molecule has 0 saturated heterocycles. The Morgan fingerprint density at radius 1 is 1.16 bits per heavy atom. The molecule has 3 aromatic carbocycles. The zero-order valence-corrected chi connectivity index (χ0v) is 21.9. The van der Waals surface area contributed by atoms with Gasteiger partial charge in [0, 0.05) is 19.8 Å². The highest BCUT2D eigenvalue weighted by Crippen LogP contribution is 2.35. The molecule has 1 N–H and O–H groups in total. The van der Waals surface area contributed by atoms with E-state index in [1.165, 1.54) is 13.2 Å². The Kier molecular flexibility index (Phi) is 8.78. The molecule has 0 radical (unpaired) electrons. The normalized spacial score (nSPS) is 10.9. The van der Waals surface area contributed by atoms with Gasteiger partial charge in [0.2, 0.25) is 0 Å². The Bertz CT molecular complexity index is 1220. The summed E-state index contributed by atoms with van der Waals surface area (Å²) in [5.41, 5.74) is 2.10. The maximum atomic E-state index is 12.6. The Labute approximate surface area is 218 Å². The van der Waals surface area contributed by atoms with E-state index in [-0.39, 0.29) is 12.2 Å². The van der Waals surface area contributed by atoms with Gasteiger partial charge in [-0.2, -0.15) is 5.26 Å². The van der Waals surface area contributed by atoms with Crippen LogP contribution in [0.15, 0.2) is 66.2 Å². The number of nitrogens with zero attached hydrogens (tertiary/aromatic N) is 1. The quantitative estimate of drug-likeness (QED) is 0.173. The number of carbonyl (C=O) groups excluding carboxylic acids is 1. The van der Waals surface area contributed by atoms with Crippen molar-refractivity contribution in [2.75, 3.05) is 12.4 Å². The molecule has 32 heavy (non-hydrogen) atoms.